The fourth-order valence-electron chi connectivity index (χ4n) is 2.93. The lowest BCUT2D eigenvalue weighted by molar-refractivity contribution is -0.117. The molecule has 0 aromatic heterocycles. The molecule has 1 fully saturated rings. The van der Waals surface area contributed by atoms with Crippen LogP contribution in [0, 0.1) is 5.92 Å². The van der Waals surface area contributed by atoms with E-state index in [4.69, 9.17) is 19.9 Å². The van der Waals surface area contributed by atoms with Crippen LogP contribution in [0.1, 0.15) is 25.7 Å². The Bertz CT molecular complexity index is 508. The summed E-state index contributed by atoms with van der Waals surface area (Å²) in [7, 11) is 4.63. The molecule has 0 radical (unpaired) electrons. The van der Waals surface area contributed by atoms with Gasteiger partial charge in [0.05, 0.1) is 21.3 Å². The van der Waals surface area contributed by atoms with Crippen LogP contribution in [0.2, 0.25) is 0 Å². The van der Waals surface area contributed by atoms with Crippen LogP contribution in [0.25, 0.3) is 0 Å². The number of methoxy groups -OCH3 is 3. The van der Waals surface area contributed by atoms with Crippen LogP contribution in [0.3, 0.4) is 0 Å². The zero-order valence-electron chi connectivity index (χ0n) is 13.3. The number of benzene rings is 1. The number of carbonyl (C=O) groups excluding carboxylic acids is 1. The summed E-state index contributed by atoms with van der Waals surface area (Å²) in [6.45, 7) is 0. The molecule has 1 aliphatic carbocycles. The molecule has 1 aliphatic rings. The summed E-state index contributed by atoms with van der Waals surface area (Å²) in [5.41, 5.74) is 6.51. The molecule has 1 aromatic carbocycles. The molecule has 0 saturated heterocycles. The van der Waals surface area contributed by atoms with Gasteiger partial charge < -0.3 is 25.3 Å². The van der Waals surface area contributed by atoms with E-state index in [0.29, 0.717) is 35.3 Å². The van der Waals surface area contributed by atoms with E-state index in [1.54, 1.807) is 33.5 Å². The number of nitrogens with one attached hydrogen (secondary N) is 1. The molecule has 2 rings (SSSR count). The third-order valence-electron chi connectivity index (χ3n) is 4.00. The summed E-state index contributed by atoms with van der Waals surface area (Å²) in [4.78, 5) is 12.2. The van der Waals surface area contributed by atoms with Crippen molar-refractivity contribution in [3.63, 3.8) is 0 Å². The van der Waals surface area contributed by atoms with Gasteiger partial charge in [0.15, 0.2) is 11.5 Å². The van der Waals surface area contributed by atoms with Gasteiger partial charge in [0.25, 0.3) is 0 Å². The Morgan fingerprint density at radius 3 is 2.27 bits per heavy atom. The number of amides is 1. The Morgan fingerprint density at radius 2 is 1.82 bits per heavy atom. The lowest BCUT2D eigenvalue weighted by atomic mass is 10.0. The molecular weight excluding hydrogens is 284 g/mol. The van der Waals surface area contributed by atoms with Gasteiger partial charge >= 0.3 is 0 Å². The van der Waals surface area contributed by atoms with Gasteiger partial charge in [-0.25, -0.2) is 0 Å². The summed E-state index contributed by atoms with van der Waals surface area (Å²) in [6.07, 6.45) is 3.43. The van der Waals surface area contributed by atoms with E-state index in [0.717, 1.165) is 19.3 Å². The number of rotatable bonds is 6. The highest BCUT2D eigenvalue weighted by atomic mass is 16.5. The highest BCUT2D eigenvalue weighted by Gasteiger charge is 2.24. The topological polar surface area (TPSA) is 82.8 Å². The number of carbonyl (C=O) groups is 1. The van der Waals surface area contributed by atoms with E-state index >= 15 is 0 Å². The molecule has 122 valence electrons. The van der Waals surface area contributed by atoms with Crippen molar-refractivity contribution in [1.82, 2.24) is 0 Å². The highest BCUT2D eigenvalue weighted by Crippen LogP contribution is 2.40. The van der Waals surface area contributed by atoms with Gasteiger partial charge in [-0.2, -0.15) is 0 Å². The summed E-state index contributed by atoms with van der Waals surface area (Å²) in [6, 6.07) is 3.68. The maximum Gasteiger partial charge on any atom is 0.224 e. The van der Waals surface area contributed by atoms with Gasteiger partial charge in [-0.15, -0.1) is 0 Å². The SMILES string of the molecule is COc1cc(NC(=O)C[C@@H]2CC[C@H](N)C2)cc(OC)c1OC. The number of ether oxygens (including phenoxy) is 3. The number of hydrogen-bond acceptors (Lipinski definition) is 5. The van der Waals surface area contributed by atoms with Crippen molar-refractivity contribution in [1.29, 1.82) is 0 Å². The average Bonchev–Trinajstić information content (AvgIpc) is 2.90. The van der Waals surface area contributed by atoms with Gasteiger partial charge in [0.2, 0.25) is 11.7 Å². The molecule has 3 N–H and O–H groups in total. The summed E-state index contributed by atoms with van der Waals surface area (Å²) in [5.74, 6) is 1.88. The third kappa shape index (κ3) is 3.82. The minimum Gasteiger partial charge on any atom is -0.493 e. The molecule has 1 saturated carbocycles. The maximum absolute atomic E-state index is 12.2. The van der Waals surface area contributed by atoms with Crippen molar-refractivity contribution in [3.05, 3.63) is 12.1 Å². The first-order chi connectivity index (χ1) is 10.6. The molecule has 0 bridgehead atoms. The molecule has 2 atom stereocenters. The predicted octanol–water partition coefficient (Wildman–Crippen LogP) is 2.17. The average molecular weight is 308 g/mol. The van der Waals surface area contributed by atoms with Crippen molar-refractivity contribution >= 4 is 11.6 Å². The molecule has 6 heteroatoms. The first-order valence-corrected chi connectivity index (χ1v) is 7.42. The summed E-state index contributed by atoms with van der Waals surface area (Å²) < 4.78 is 15.8. The third-order valence-corrected chi connectivity index (χ3v) is 4.00. The second kappa shape index (κ2) is 7.35. The Labute approximate surface area is 130 Å². The first-order valence-electron chi connectivity index (χ1n) is 7.42. The Kier molecular flexibility index (Phi) is 5.49. The monoisotopic (exact) mass is 308 g/mol. The van der Waals surface area contributed by atoms with E-state index in [2.05, 4.69) is 5.32 Å². The lowest BCUT2D eigenvalue weighted by Gasteiger charge is -2.15. The lowest BCUT2D eigenvalue weighted by Crippen LogP contribution is -2.18. The maximum atomic E-state index is 12.2. The molecule has 22 heavy (non-hydrogen) atoms. The van der Waals surface area contributed by atoms with Gasteiger partial charge in [-0.3, -0.25) is 4.79 Å². The van der Waals surface area contributed by atoms with Crippen LogP contribution in [0.15, 0.2) is 12.1 Å². The number of nitrogens with two attached hydrogens (primary N) is 1. The van der Waals surface area contributed by atoms with Crippen LogP contribution >= 0.6 is 0 Å². The molecule has 0 heterocycles. The largest absolute Gasteiger partial charge is 0.493 e. The number of anilines is 1. The van der Waals surface area contributed by atoms with Crippen molar-refractivity contribution in [3.8, 4) is 17.2 Å². The van der Waals surface area contributed by atoms with Gasteiger partial charge in [0.1, 0.15) is 0 Å². The van der Waals surface area contributed by atoms with E-state index in [-0.39, 0.29) is 11.9 Å². The van der Waals surface area contributed by atoms with Crippen LogP contribution < -0.4 is 25.3 Å². The van der Waals surface area contributed by atoms with E-state index < -0.39 is 0 Å². The molecular formula is C16H24N2O4. The Hall–Kier alpha value is -1.95. The predicted molar refractivity (Wildman–Crippen MR) is 84.7 cm³/mol. The van der Waals surface area contributed by atoms with Crippen LogP contribution in [-0.4, -0.2) is 33.3 Å². The highest BCUT2D eigenvalue weighted by molar-refractivity contribution is 5.91. The van der Waals surface area contributed by atoms with E-state index in [9.17, 15) is 4.79 Å². The zero-order chi connectivity index (χ0) is 16.1. The van der Waals surface area contributed by atoms with Crippen molar-refractivity contribution in [2.45, 2.75) is 31.7 Å². The van der Waals surface area contributed by atoms with Gasteiger partial charge in [-0.05, 0) is 25.2 Å². The molecule has 1 amide bonds. The van der Waals surface area contributed by atoms with E-state index in [1.807, 2.05) is 0 Å². The Balaban J connectivity index is 2.07. The van der Waals surface area contributed by atoms with Crippen LogP contribution in [0.4, 0.5) is 5.69 Å². The van der Waals surface area contributed by atoms with Crippen LogP contribution in [0.5, 0.6) is 17.2 Å². The molecule has 6 nitrogen and oxygen atoms in total. The fourth-order valence-corrected chi connectivity index (χ4v) is 2.93. The minimum absolute atomic E-state index is 0.0200. The summed E-state index contributed by atoms with van der Waals surface area (Å²) in [5, 5.41) is 2.89. The molecule has 1 aromatic rings. The first kappa shape index (κ1) is 16.4. The molecule has 0 aliphatic heterocycles. The standard InChI is InChI=1S/C16H24N2O4/c1-20-13-8-12(9-14(21-2)16(13)22-3)18-15(19)7-10-4-5-11(17)6-10/h8-11H,4-7,17H2,1-3H3,(H,18,19)/t10-,11+/m1/s1. The Morgan fingerprint density at radius 1 is 1.18 bits per heavy atom. The minimum atomic E-state index is -0.0200. The molecule has 0 spiro atoms. The van der Waals surface area contributed by atoms with Gasteiger partial charge in [0, 0.05) is 30.3 Å². The van der Waals surface area contributed by atoms with Crippen molar-refractivity contribution in [2.24, 2.45) is 11.7 Å². The van der Waals surface area contributed by atoms with Crippen molar-refractivity contribution in [2.75, 3.05) is 26.6 Å². The zero-order valence-corrected chi connectivity index (χ0v) is 13.3. The number of hydrogen-bond donors (Lipinski definition) is 2. The smallest absolute Gasteiger partial charge is 0.224 e. The quantitative estimate of drug-likeness (QED) is 0.841. The van der Waals surface area contributed by atoms with Gasteiger partial charge in [-0.1, -0.05) is 0 Å². The second-order valence-electron chi connectivity index (χ2n) is 5.61. The second-order valence-corrected chi connectivity index (χ2v) is 5.61. The summed E-state index contributed by atoms with van der Waals surface area (Å²) >= 11 is 0. The van der Waals surface area contributed by atoms with E-state index in [1.165, 1.54) is 0 Å². The normalized spacial score (nSPS) is 20.5. The fraction of sp³-hybridized carbons (Fsp3) is 0.562. The molecule has 0 unspecified atom stereocenters. The van der Waals surface area contributed by atoms with Crippen LogP contribution in [-0.2, 0) is 4.79 Å². The van der Waals surface area contributed by atoms with Crippen molar-refractivity contribution < 1.29 is 19.0 Å².